The van der Waals surface area contributed by atoms with E-state index in [0.29, 0.717) is 13.2 Å². The molecular weight excluding hydrogens is 270 g/mol. The summed E-state index contributed by atoms with van der Waals surface area (Å²) in [4.78, 5) is 14.8. The number of hydrogen-bond donors (Lipinski definition) is 0. The van der Waals surface area contributed by atoms with Gasteiger partial charge in [0, 0.05) is 11.3 Å². The minimum Gasteiger partial charge on any atom is -0.491 e. The van der Waals surface area contributed by atoms with Gasteiger partial charge in [0.15, 0.2) is 0 Å². The van der Waals surface area contributed by atoms with Gasteiger partial charge >= 0.3 is 0 Å². The van der Waals surface area contributed by atoms with Gasteiger partial charge in [-0.15, -0.1) is 0 Å². The fourth-order valence-electron chi connectivity index (χ4n) is 2.66. The summed E-state index contributed by atoms with van der Waals surface area (Å²) in [6.45, 7) is 7.34. The molecule has 20 heavy (non-hydrogen) atoms. The first-order chi connectivity index (χ1) is 9.47. The molecule has 0 radical (unpaired) electrons. The number of thioether (sulfide) groups is 1. The highest BCUT2D eigenvalue weighted by atomic mass is 32.2. The van der Waals surface area contributed by atoms with Crippen LogP contribution in [-0.2, 0) is 4.79 Å². The summed E-state index contributed by atoms with van der Waals surface area (Å²) in [6, 6.07) is 8.06. The summed E-state index contributed by atoms with van der Waals surface area (Å²) in [7, 11) is 0. The van der Waals surface area contributed by atoms with Crippen molar-refractivity contribution in [1.82, 2.24) is 4.90 Å². The molecule has 2 rings (SSSR count). The molecule has 0 saturated carbocycles. The summed E-state index contributed by atoms with van der Waals surface area (Å²) in [5.41, 5.74) is 0.755. The number of benzene rings is 1. The van der Waals surface area contributed by atoms with E-state index in [-0.39, 0.29) is 17.4 Å². The number of hydrogen-bond acceptors (Lipinski definition) is 3. The Balaban J connectivity index is 2.27. The minimum absolute atomic E-state index is 0.0577. The third-order valence-corrected chi connectivity index (χ3v) is 4.78. The zero-order chi connectivity index (χ0) is 14.8. The zero-order valence-electron chi connectivity index (χ0n) is 12.7. The van der Waals surface area contributed by atoms with E-state index in [0.717, 1.165) is 17.1 Å². The van der Waals surface area contributed by atoms with E-state index in [4.69, 9.17) is 4.74 Å². The Bertz CT molecular complexity index is 487. The molecule has 1 aromatic carbocycles. The van der Waals surface area contributed by atoms with E-state index in [1.807, 2.05) is 49.3 Å². The van der Waals surface area contributed by atoms with Crippen molar-refractivity contribution in [2.24, 2.45) is 5.41 Å². The van der Waals surface area contributed by atoms with Crippen molar-refractivity contribution >= 4 is 17.7 Å². The van der Waals surface area contributed by atoms with Crippen LogP contribution in [0.15, 0.2) is 24.3 Å². The summed E-state index contributed by atoms with van der Waals surface area (Å²) in [5.74, 6) is 1.94. The lowest BCUT2D eigenvalue weighted by molar-refractivity contribution is -0.141. The molecule has 1 atom stereocenters. The van der Waals surface area contributed by atoms with Crippen LogP contribution in [0, 0.1) is 5.41 Å². The van der Waals surface area contributed by atoms with Crippen LogP contribution in [0.25, 0.3) is 0 Å². The molecule has 1 amide bonds. The second-order valence-electron chi connectivity index (χ2n) is 5.88. The van der Waals surface area contributed by atoms with Gasteiger partial charge in [0.2, 0.25) is 5.91 Å². The lowest BCUT2D eigenvalue weighted by atomic mass is 9.92. The normalized spacial score (nSPS) is 19.0. The molecular formula is C16H23NO2S. The Morgan fingerprint density at radius 2 is 2.15 bits per heavy atom. The molecule has 1 aromatic rings. The van der Waals surface area contributed by atoms with Gasteiger partial charge in [-0.05, 0) is 19.2 Å². The molecule has 0 saturated heterocycles. The van der Waals surface area contributed by atoms with Crippen LogP contribution in [0.3, 0.4) is 0 Å². The molecule has 110 valence electrons. The SMILES string of the molecule is CSCC(C)(C)C(=O)N1CCOc2ccccc2C1C. The van der Waals surface area contributed by atoms with E-state index < -0.39 is 0 Å². The van der Waals surface area contributed by atoms with Crippen molar-refractivity contribution in [2.45, 2.75) is 26.8 Å². The van der Waals surface area contributed by atoms with Crippen LogP contribution >= 0.6 is 11.8 Å². The van der Waals surface area contributed by atoms with Crippen molar-refractivity contribution in [2.75, 3.05) is 25.2 Å². The van der Waals surface area contributed by atoms with Crippen molar-refractivity contribution in [3.05, 3.63) is 29.8 Å². The maximum atomic E-state index is 12.8. The van der Waals surface area contributed by atoms with Crippen LogP contribution in [0.4, 0.5) is 0 Å². The summed E-state index contributed by atoms with van der Waals surface area (Å²) < 4.78 is 5.77. The van der Waals surface area contributed by atoms with E-state index in [1.54, 1.807) is 11.8 Å². The quantitative estimate of drug-likeness (QED) is 0.856. The predicted molar refractivity (Wildman–Crippen MR) is 84.2 cm³/mol. The number of para-hydroxylation sites is 1. The van der Waals surface area contributed by atoms with Crippen molar-refractivity contribution in [3.8, 4) is 5.75 Å². The maximum absolute atomic E-state index is 12.8. The predicted octanol–water partition coefficient (Wildman–Crippen LogP) is 3.36. The van der Waals surface area contributed by atoms with Gasteiger partial charge in [0.1, 0.15) is 12.4 Å². The molecule has 1 heterocycles. The third-order valence-electron chi connectivity index (χ3n) is 3.77. The highest BCUT2D eigenvalue weighted by molar-refractivity contribution is 7.98. The van der Waals surface area contributed by atoms with E-state index in [9.17, 15) is 4.79 Å². The number of carbonyl (C=O) groups excluding carboxylic acids is 1. The first-order valence-electron chi connectivity index (χ1n) is 6.99. The van der Waals surface area contributed by atoms with E-state index in [2.05, 4.69) is 6.92 Å². The van der Waals surface area contributed by atoms with Crippen LogP contribution in [0.5, 0.6) is 5.75 Å². The highest BCUT2D eigenvalue weighted by Crippen LogP contribution is 2.34. The van der Waals surface area contributed by atoms with Crippen LogP contribution in [0.1, 0.15) is 32.4 Å². The summed E-state index contributed by atoms with van der Waals surface area (Å²) in [5, 5.41) is 0. The Labute approximate surface area is 125 Å². The largest absolute Gasteiger partial charge is 0.491 e. The number of carbonyl (C=O) groups is 1. The van der Waals surface area contributed by atoms with Gasteiger partial charge in [-0.2, -0.15) is 11.8 Å². The number of fused-ring (bicyclic) bond motifs is 1. The average Bonchev–Trinajstić information content (AvgIpc) is 2.58. The Kier molecular flexibility index (Phi) is 4.63. The van der Waals surface area contributed by atoms with Gasteiger partial charge < -0.3 is 9.64 Å². The number of nitrogens with zero attached hydrogens (tertiary/aromatic N) is 1. The lowest BCUT2D eigenvalue weighted by Gasteiger charge is -2.34. The number of rotatable bonds is 3. The molecule has 0 bridgehead atoms. The molecule has 3 nitrogen and oxygen atoms in total. The Morgan fingerprint density at radius 3 is 2.85 bits per heavy atom. The van der Waals surface area contributed by atoms with E-state index in [1.165, 1.54) is 0 Å². The van der Waals surface area contributed by atoms with Crippen LogP contribution in [-0.4, -0.2) is 36.0 Å². The first kappa shape index (κ1) is 15.2. The molecule has 0 fully saturated rings. The highest BCUT2D eigenvalue weighted by Gasteiger charge is 2.35. The first-order valence-corrected chi connectivity index (χ1v) is 8.38. The van der Waals surface area contributed by atoms with Gasteiger partial charge in [-0.3, -0.25) is 4.79 Å². The second-order valence-corrected chi connectivity index (χ2v) is 6.74. The van der Waals surface area contributed by atoms with Crippen molar-refractivity contribution in [3.63, 3.8) is 0 Å². The molecule has 0 aliphatic carbocycles. The fraction of sp³-hybridized carbons (Fsp3) is 0.562. The molecule has 0 N–H and O–H groups in total. The monoisotopic (exact) mass is 293 g/mol. The zero-order valence-corrected chi connectivity index (χ0v) is 13.5. The molecule has 1 unspecified atom stereocenters. The van der Waals surface area contributed by atoms with Gasteiger partial charge in [-0.25, -0.2) is 0 Å². The smallest absolute Gasteiger partial charge is 0.229 e. The van der Waals surface area contributed by atoms with Gasteiger partial charge in [0.05, 0.1) is 18.0 Å². The summed E-state index contributed by atoms with van der Waals surface area (Å²) >= 11 is 1.71. The molecule has 1 aliphatic heterocycles. The second kappa shape index (κ2) is 6.08. The number of amides is 1. The minimum atomic E-state index is -0.340. The average molecular weight is 293 g/mol. The topological polar surface area (TPSA) is 29.5 Å². The Morgan fingerprint density at radius 1 is 1.45 bits per heavy atom. The number of ether oxygens (including phenoxy) is 1. The van der Waals surface area contributed by atoms with Crippen LogP contribution in [0.2, 0.25) is 0 Å². The molecule has 4 heteroatoms. The van der Waals surface area contributed by atoms with E-state index >= 15 is 0 Å². The fourth-order valence-corrected chi connectivity index (χ4v) is 3.51. The summed E-state index contributed by atoms with van der Waals surface area (Å²) in [6.07, 6.45) is 2.04. The Hall–Kier alpha value is -1.16. The standard InChI is InChI=1S/C16H23NO2S/c1-12-13-7-5-6-8-14(13)19-10-9-17(12)15(18)16(2,3)11-20-4/h5-8,12H,9-11H2,1-4H3. The lowest BCUT2D eigenvalue weighted by Crippen LogP contribution is -2.44. The molecule has 0 spiro atoms. The van der Waals surface area contributed by atoms with Gasteiger partial charge in [0.25, 0.3) is 0 Å². The molecule has 0 aromatic heterocycles. The van der Waals surface area contributed by atoms with Crippen LogP contribution < -0.4 is 4.74 Å². The van der Waals surface area contributed by atoms with Gasteiger partial charge in [-0.1, -0.05) is 32.0 Å². The maximum Gasteiger partial charge on any atom is 0.229 e. The molecule has 1 aliphatic rings. The van der Waals surface area contributed by atoms with Crippen molar-refractivity contribution < 1.29 is 9.53 Å². The third kappa shape index (κ3) is 2.95. The van der Waals surface area contributed by atoms with Crippen molar-refractivity contribution in [1.29, 1.82) is 0 Å².